The number of thiophene rings is 1. The zero-order valence-electron chi connectivity index (χ0n) is 16.6. The average Bonchev–Trinajstić information content (AvgIpc) is 3.16. The summed E-state index contributed by atoms with van der Waals surface area (Å²) in [5.41, 5.74) is 3.23. The fourth-order valence-electron chi connectivity index (χ4n) is 3.00. The molecular formula is C22H17F2N3O2S2. The standard InChI is InChI=1S/C22H17F2N3O2S2/c1-12-3-5-13(6-4-12)15-10-30-20-19(15)26-22(27(2)21(20)29)31-11-18(28)25-17-8-7-14(23)9-16(17)24/h3-10H,11H2,1-2H3,(H,25,28). The number of fused-ring (bicyclic) bond motifs is 1. The highest BCUT2D eigenvalue weighted by Gasteiger charge is 2.17. The molecule has 0 bridgehead atoms. The summed E-state index contributed by atoms with van der Waals surface area (Å²) in [6, 6.07) is 10.9. The topological polar surface area (TPSA) is 64.0 Å². The van der Waals surface area contributed by atoms with Crippen molar-refractivity contribution in [2.24, 2.45) is 7.05 Å². The second-order valence-corrected chi connectivity index (χ2v) is 8.73. The zero-order chi connectivity index (χ0) is 22.1. The first-order valence-corrected chi connectivity index (χ1v) is 11.1. The maximum Gasteiger partial charge on any atom is 0.271 e. The molecule has 1 amide bonds. The Kier molecular flexibility index (Phi) is 5.88. The van der Waals surface area contributed by atoms with E-state index in [2.05, 4.69) is 10.3 Å². The van der Waals surface area contributed by atoms with Crippen molar-refractivity contribution < 1.29 is 13.6 Å². The van der Waals surface area contributed by atoms with Crippen LogP contribution in [-0.2, 0) is 11.8 Å². The number of carbonyl (C=O) groups is 1. The van der Waals surface area contributed by atoms with E-state index in [0.717, 1.165) is 40.6 Å². The molecule has 1 N–H and O–H groups in total. The number of benzene rings is 2. The van der Waals surface area contributed by atoms with Gasteiger partial charge in [-0.05, 0) is 24.6 Å². The van der Waals surface area contributed by atoms with Crippen LogP contribution < -0.4 is 10.9 Å². The van der Waals surface area contributed by atoms with Gasteiger partial charge in [-0.2, -0.15) is 0 Å². The van der Waals surface area contributed by atoms with Crippen LogP contribution in [0.25, 0.3) is 21.3 Å². The van der Waals surface area contributed by atoms with Crippen molar-refractivity contribution in [2.45, 2.75) is 12.1 Å². The predicted octanol–water partition coefficient (Wildman–Crippen LogP) is 4.98. The maximum absolute atomic E-state index is 13.7. The summed E-state index contributed by atoms with van der Waals surface area (Å²) < 4.78 is 28.7. The number of nitrogens with zero attached hydrogens (tertiary/aromatic N) is 2. The maximum atomic E-state index is 13.7. The molecule has 4 rings (SSSR count). The van der Waals surface area contributed by atoms with Gasteiger partial charge in [0.1, 0.15) is 16.3 Å². The zero-order valence-corrected chi connectivity index (χ0v) is 18.2. The number of halogens is 2. The first-order chi connectivity index (χ1) is 14.8. The Morgan fingerprint density at radius 1 is 1.19 bits per heavy atom. The fraction of sp³-hybridized carbons (Fsp3) is 0.136. The molecule has 2 aromatic carbocycles. The molecule has 2 heterocycles. The SMILES string of the molecule is Cc1ccc(-c2csc3c(=O)n(C)c(SCC(=O)Nc4ccc(F)cc4F)nc23)cc1. The summed E-state index contributed by atoms with van der Waals surface area (Å²) in [6.45, 7) is 2.00. The second kappa shape index (κ2) is 8.60. The highest BCUT2D eigenvalue weighted by molar-refractivity contribution is 7.99. The Morgan fingerprint density at radius 3 is 2.65 bits per heavy atom. The predicted molar refractivity (Wildman–Crippen MR) is 121 cm³/mol. The molecule has 9 heteroatoms. The van der Waals surface area contributed by atoms with E-state index in [0.29, 0.717) is 21.4 Å². The van der Waals surface area contributed by atoms with E-state index in [1.54, 1.807) is 7.05 Å². The fourth-order valence-corrected chi connectivity index (χ4v) is 4.75. The number of amides is 1. The van der Waals surface area contributed by atoms with Crippen molar-refractivity contribution in [3.63, 3.8) is 0 Å². The minimum absolute atomic E-state index is 0.0907. The molecule has 0 radical (unpaired) electrons. The highest BCUT2D eigenvalue weighted by atomic mass is 32.2. The van der Waals surface area contributed by atoms with Crippen LogP contribution in [-0.4, -0.2) is 21.2 Å². The van der Waals surface area contributed by atoms with Gasteiger partial charge in [-0.3, -0.25) is 14.2 Å². The summed E-state index contributed by atoms with van der Waals surface area (Å²) in [4.78, 5) is 29.7. The molecule has 0 spiro atoms. The van der Waals surface area contributed by atoms with Gasteiger partial charge in [0.2, 0.25) is 5.91 Å². The number of rotatable bonds is 5. The molecule has 31 heavy (non-hydrogen) atoms. The van der Waals surface area contributed by atoms with Crippen LogP contribution in [0.4, 0.5) is 14.5 Å². The second-order valence-electron chi connectivity index (χ2n) is 6.91. The van der Waals surface area contributed by atoms with Gasteiger partial charge in [0.15, 0.2) is 5.16 Å². The van der Waals surface area contributed by atoms with Crippen LogP contribution in [0.5, 0.6) is 0 Å². The van der Waals surface area contributed by atoms with E-state index < -0.39 is 17.5 Å². The largest absolute Gasteiger partial charge is 0.323 e. The lowest BCUT2D eigenvalue weighted by atomic mass is 10.1. The summed E-state index contributed by atoms with van der Waals surface area (Å²) in [5, 5.41) is 4.68. The van der Waals surface area contributed by atoms with Gasteiger partial charge < -0.3 is 5.32 Å². The third kappa shape index (κ3) is 4.38. The minimum Gasteiger partial charge on any atom is -0.323 e. The molecule has 158 valence electrons. The molecule has 0 aliphatic rings. The molecule has 0 fully saturated rings. The normalized spacial score (nSPS) is 11.1. The number of aromatic nitrogens is 2. The van der Waals surface area contributed by atoms with Gasteiger partial charge in [-0.25, -0.2) is 13.8 Å². The van der Waals surface area contributed by atoms with Crippen LogP contribution in [0.1, 0.15) is 5.56 Å². The van der Waals surface area contributed by atoms with Gasteiger partial charge in [-0.1, -0.05) is 41.6 Å². The quantitative estimate of drug-likeness (QED) is 0.339. The average molecular weight is 458 g/mol. The lowest BCUT2D eigenvalue weighted by Gasteiger charge is -2.09. The molecule has 0 aliphatic heterocycles. The van der Waals surface area contributed by atoms with Crippen LogP contribution in [0, 0.1) is 18.6 Å². The first-order valence-electron chi connectivity index (χ1n) is 9.26. The number of thioether (sulfide) groups is 1. The lowest BCUT2D eigenvalue weighted by Crippen LogP contribution is -2.21. The van der Waals surface area contributed by atoms with E-state index in [9.17, 15) is 18.4 Å². The highest BCUT2D eigenvalue weighted by Crippen LogP contribution is 2.32. The van der Waals surface area contributed by atoms with Crippen molar-refractivity contribution >= 4 is 44.9 Å². The molecule has 4 aromatic rings. The molecule has 2 aromatic heterocycles. The van der Waals surface area contributed by atoms with Crippen molar-refractivity contribution in [1.82, 2.24) is 9.55 Å². The van der Waals surface area contributed by atoms with Gasteiger partial charge >= 0.3 is 0 Å². The van der Waals surface area contributed by atoms with Gasteiger partial charge in [-0.15, -0.1) is 11.3 Å². The molecule has 0 unspecified atom stereocenters. The van der Waals surface area contributed by atoms with E-state index in [-0.39, 0.29) is 17.0 Å². The van der Waals surface area contributed by atoms with Crippen molar-refractivity contribution in [2.75, 3.05) is 11.1 Å². The van der Waals surface area contributed by atoms with E-state index in [4.69, 9.17) is 0 Å². The number of hydrogen-bond donors (Lipinski definition) is 1. The summed E-state index contributed by atoms with van der Waals surface area (Å²) in [7, 11) is 1.60. The Bertz CT molecular complexity index is 1350. The number of carbonyl (C=O) groups excluding carboxylic acids is 1. The molecule has 5 nitrogen and oxygen atoms in total. The molecule has 0 saturated carbocycles. The van der Waals surface area contributed by atoms with E-state index in [1.807, 2.05) is 36.6 Å². The molecule has 0 aliphatic carbocycles. The van der Waals surface area contributed by atoms with E-state index in [1.165, 1.54) is 15.9 Å². The van der Waals surface area contributed by atoms with Crippen molar-refractivity contribution in [3.05, 3.63) is 75.4 Å². The molecular weight excluding hydrogens is 440 g/mol. The first kappa shape index (κ1) is 21.2. The smallest absolute Gasteiger partial charge is 0.271 e. The Balaban J connectivity index is 1.59. The minimum atomic E-state index is -0.855. The Labute approximate surface area is 184 Å². The van der Waals surface area contributed by atoms with E-state index >= 15 is 0 Å². The summed E-state index contributed by atoms with van der Waals surface area (Å²) in [6.07, 6.45) is 0. The Morgan fingerprint density at radius 2 is 1.94 bits per heavy atom. The van der Waals surface area contributed by atoms with Gasteiger partial charge in [0, 0.05) is 24.1 Å². The van der Waals surface area contributed by atoms with Gasteiger partial charge in [0.25, 0.3) is 5.56 Å². The Hall–Kier alpha value is -3.04. The number of aryl methyl sites for hydroxylation is 1. The van der Waals surface area contributed by atoms with Crippen LogP contribution >= 0.6 is 23.1 Å². The van der Waals surface area contributed by atoms with Crippen molar-refractivity contribution in [1.29, 1.82) is 0 Å². The number of nitrogens with one attached hydrogen (secondary N) is 1. The number of anilines is 1. The summed E-state index contributed by atoms with van der Waals surface area (Å²) >= 11 is 2.40. The molecule has 0 atom stereocenters. The van der Waals surface area contributed by atoms with Crippen LogP contribution in [0.3, 0.4) is 0 Å². The monoisotopic (exact) mass is 457 g/mol. The van der Waals surface area contributed by atoms with Crippen LogP contribution in [0.15, 0.2) is 57.8 Å². The third-order valence-corrected chi connectivity index (χ3v) is 6.65. The van der Waals surface area contributed by atoms with Gasteiger partial charge in [0.05, 0.1) is 17.0 Å². The van der Waals surface area contributed by atoms with Crippen LogP contribution in [0.2, 0.25) is 0 Å². The number of hydrogen-bond acceptors (Lipinski definition) is 5. The molecule has 0 saturated heterocycles. The lowest BCUT2D eigenvalue weighted by molar-refractivity contribution is -0.113. The third-order valence-electron chi connectivity index (χ3n) is 4.66. The van der Waals surface area contributed by atoms with Crippen molar-refractivity contribution in [3.8, 4) is 11.1 Å². The summed E-state index contributed by atoms with van der Waals surface area (Å²) in [5.74, 6) is -2.16.